The first-order valence-corrected chi connectivity index (χ1v) is 9.07. The zero-order valence-electron chi connectivity index (χ0n) is 14.5. The molecule has 7 heteroatoms. The molecule has 0 bridgehead atoms. The third-order valence-corrected chi connectivity index (χ3v) is 5.02. The predicted molar refractivity (Wildman–Crippen MR) is 89.5 cm³/mol. The summed E-state index contributed by atoms with van der Waals surface area (Å²) < 4.78 is 0. The Morgan fingerprint density at radius 3 is 2.21 bits per heavy atom. The summed E-state index contributed by atoms with van der Waals surface area (Å²) in [7, 11) is 0. The molecule has 0 aromatic rings. The third-order valence-electron chi connectivity index (χ3n) is 5.02. The van der Waals surface area contributed by atoms with Crippen molar-refractivity contribution >= 4 is 17.9 Å². The number of hydrogen-bond donors (Lipinski definition) is 2. The van der Waals surface area contributed by atoms with Gasteiger partial charge in [0.25, 0.3) is 0 Å². The van der Waals surface area contributed by atoms with Crippen molar-refractivity contribution < 1.29 is 19.5 Å². The summed E-state index contributed by atoms with van der Waals surface area (Å²) in [4.78, 5) is 39.4. The van der Waals surface area contributed by atoms with Crippen LogP contribution in [0.25, 0.3) is 0 Å². The largest absolute Gasteiger partial charge is 0.481 e. The van der Waals surface area contributed by atoms with Gasteiger partial charge in [0.2, 0.25) is 5.91 Å². The number of urea groups is 1. The molecule has 2 N–H and O–H groups in total. The van der Waals surface area contributed by atoms with Crippen LogP contribution >= 0.6 is 0 Å². The third kappa shape index (κ3) is 4.85. The summed E-state index contributed by atoms with van der Waals surface area (Å²) in [5.74, 6) is -1.58. The zero-order valence-corrected chi connectivity index (χ0v) is 14.5. The number of likely N-dealkylation sites (tertiary alicyclic amines) is 2. The van der Waals surface area contributed by atoms with Gasteiger partial charge >= 0.3 is 12.0 Å². The smallest absolute Gasteiger partial charge is 0.319 e. The van der Waals surface area contributed by atoms with Crippen LogP contribution in [0.5, 0.6) is 0 Å². The van der Waals surface area contributed by atoms with Gasteiger partial charge in [0.1, 0.15) is 0 Å². The summed E-state index contributed by atoms with van der Waals surface area (Å²) in [5, 5.41) is 11.9. The molecule has 2 aliphatic heterocycles. The SMILES string of the molecule is CCCC(CNC(=O)C1CCN(C(=O)N2CCCC2)CC1)C(=O)O. The molecule has 136 valence electrons. The fraction of sp³-hybridized carbons (Fsp3) is 0.824. The van der Waals surface area contributed by atoms with Crippen molar-refractivity contribution in [2.75, 3.05) is 32.7 Å². The number of piperidine rings is 1. The van der Waals surface area contributed by atoms with Crippen molar-refractivity contribution in [3.8, 4) is 0 Å². The van der Waals surface area contributed by atoms with Gasteiger partial charge in [-0.15, -0.1) is 0 Å². The van der Waals surface area contributed by atoms with Crippen molar-refractivity contribution in [2.24, 2.45) is 11.8 Å². The van der Waals surface area contributed by atoms with Crippen LogP contribution in [0.4, 0.5) is 4.79 Å². The molecule has 2 heterocycles. The lowest BCUT2D eigenvalue weighted by Gasteiger charge is -2.34. The van der Waals surface area contributed by atoms with Crippen molar-refractivity contribution in [1.29, 1.82) is 0 Å². The van der Waals surface area contributed by atoms with Crippen molar-refractivity contribution in [3.63, 3.8) is 0 Å². The minimum Gasteiger partial charge on any atom is -0.481 e. The highest BCUT2D eigenvalue weighted by atomic mass is 16.4. The molecule has 0 aliphatic carbocycles. The maximum absolute atomic E-state index is 12.3. The van der Waals surface area contributed by atoms with Gasteiger partial charge in [-0.25, -0.2) is 4.79 Å². The molecule has 3 amide bonds. The van der Waals surface area contributed by atoms with E-state index in [1.807, 2.05) is 16.7 Å². The number of hydrogen-bond acceptors (Lipinski definition) is 3. The minimum atomic E-state index is -0.858. The Kier molecular flexibility index (Phi) is 6.87. The van der Waals surface area contributed by atoms with Crippen molar-refractivity contribution in [2.45, 2.75) is 45.4 Å². The average molecular weight is 339 g/mol. The highest BCUT2D eigenvalue weighted by molar-refractivity contribution is 5.80. The lowest BCUT2D eigenvalue weighted by molar-refractivity contribution is -0.142. The second kappa shape index (κ2) is 8.89. The highest BCUT2D eigenvalue weighted by Gasteiger charge is 2.30. The molecule has 2 aliphatic rings. The van der Waals surface area contributed by atoms with Crippen LogP contribution < -0.4 is 5.32 Å². The Bertz CT molecular complexity index is 455. The first-order chi connectivity index (χ1) is 11.5. The monoisotopic (exact) mass is 339 g/mol. The van der Waals surface area contributed by atoms with Crippen LogP contribution in [0, 0.1) is 11.8 Å². The topological polar surface area (TPSA) is 90.0 Å². The predicted octanol–water partition coefficient (Wildman–Crippen LogP) is 1.53. The standard InChI is InChI=1S/C17H29N3O4/c1-2-5-14(16(22)23)12-18-15(21)13-6-10-20(11-7-13)17(24)19-8-3-4-9-19/h13-14H,2-12H2,1H3,(H,18,21)(H,22,23). The number of nitrogens with zero attached hydrogens (tertiary/aromatic N) is 2. The van der Waals surface area contributed by atoms with E-state index in [4.69, 9.17) is 5.11 Å². The molecule has 0 saturated carbocycles. The number of carbonyl (C=O) groups is 3. The van der Waals surface area contributed by atoms with Crippen LogP contribution in [-0.2, 0) is 9.59 Å². The number of carboxylic acid groups (broad SMARTS) is 1. The van der Waals surface area contributed by atoms with E-state index >= 15 is 0 Å². The molecule has 2 rings (SSSR count). The Morgan fingerprint density at radius 2 is 1.67 bits per heavy atom. The van der Waals surface area contributed by atoms with Crippen LogP contribution in [-0.4, -0.2) is 65.5 Å². The normalized spacial score (nSPS) is 20.0. The summed E-state index contributed by atoms with van der Waals surface area (Å²) in [5.41, 5.74) is 0. The van der Waals surface area contributed by atoms with Crippen LogP contribution in [0.1, 0.15) is 45.4 Å². The molecule has 2 fully saturated rings. The van der Waals surface area contributed by atoms with E-state index in [1.165, 1.54) is 0 Å². The second-order valence-electron chi connectivity index (χ2n) is 6.81. The summed E-state index contributed by atoms with van der Waals surface area (Å²) in [6, 6.07) is 0.0974. The van der Waals surface area contributed by atoms with Gasteiger partial charge in [-0.1, -0.05) is 13.3 Å². The van der Waals surface area contributed by atoms with Gasteiger partial charge in [0.05, 0.1) is 5.92 Å². The number of nitrogens with one attached hydrogen (secondary N) is 1. The lowest BCUT2D eigenvalue weighted by Crippen LogP contribution is -2.48. The number of rotatable bonds is 6. The number of carboxylic acids is 1. The molecule has 0 spiro atoms. The van der Waals surface area contributed by atoms with Gasteiger partial charge in [0.15, 0.2) is 0 Å². The van der Waals surface area contributed by atoms with Gasteiger partial charge < -0.3 is 20.2 Å². The van der Waals surface area contributed by atoms with Gasteiger partial charge in [0, 0.05) is 38.6 Å². The van der Waals surface area contributed by atoms with E-state index in [2.05, 4.69) is 5.32 Å². The van der Waals surface area contributed by atoms with E-state index in [-0.39, 0.29) is 24.4 Å². The van der Waals surface area contributed by atoms with E-state index in [0.29, 0.717) is 32.4 Å². The maximum Gasteiger partial charge on any atom is 0.319 e. The molecule has 1 unspecified atom stereocenters. The Morgan fingerprint density at radius 1 is 1.08 bits per heavy atom. The quantitative estimate of drug-likeness (QED) is 0.768. The Balaban J connectivity index is 1.73. The first-order valence-electron chi connectivity index (χ1n) is 9.07. The minimum absolute atomic E-state index is 0.0781. The average Bonchev–Trinajstić information content (AvgIpc) is 3.12. The van der Waals surface area contributed by atoms with E-state index in [9.17, 15) is 14.4 Å². The number of aliphatic carboxylic acids is 1. The van der Waals surface area contributed by atoms with Crippen molar-refractivity contribution in [1.82, 2.24) is 15.1 Å². The summed E-state index contributed by atoms with van der Waals surface area (Å²) in [6.45, 7) is 5.01. The number of carbonyl (C=O) groups excluding carboxylic acids is 2. The fourth-order valence-electron chi connectivity index (χ4n) is 3.47. The van der Waals surface area contributed by atoms with E-state index in [0.717, 1.165) is 32.4 Å². The van der Waals surface area contributed by atoms with Gasteiger partial charge in [-0.05, 0) is 32.1 Å². The molecule has 24 heavy (non-hydrogen) atoms. The van der Waals surface area contributed by atoms with Crippen LogP contribution in [0.2, 0.25) is 0 Å². The fourth-order valence-corrected chi connectivity index (χ4v) is 3.47. The highest BCUT2D eigenvalue weighted by Crippen LogP contribution is 2.20. The van der Waals surface area contributed by atoms with Crippen LogP contribution in [0.15, 0.2) is 0 Å². The molecule has 7 nitrogen and oxygen atoms in total. The molecule has 1 atom stereocenters. The summed E-state index contributed by atoms with van der Waals surface area (Å²) in [6.07, 6.45) is 4.80. The Labute approximate surface area is 143 Å². The van der Waals surface area contributed by atoms with E-state index < -0.39 is 11.9 Å². The summed E-state index contributed by atoms with van der Waals surface area (Å²) >= 11 is 0. The van der Waals surface area contributed by atoms with Gasteiger partial charge in [-0.2, -0.15) is 0 Å². The molecule has 0 radical (unpaired) electrons. The Hall–Kier alpha value is -1.79. The molecular formula is C17H29N3O4. The second-order valence-corrected chi connectivity index (χ2v) is 6.81. The van der Waals surface area contributed by atoms with Crippen LogP contribution in [0.3, 0.4) is 0 Å². The maximum atomic E-state index is 12.3. The first kappa shape index (κ1) is 18.5. The number of amides is 3. The molecule has 0 aromatic carbocycles. The van der Waals surface area contributed by atoms with Crippen molar-refractivity contribution in [3.05, 3.63) is 0 Å². The van der Waals surface area contributed by atoms with Gasteiger partial charge in [-0.3, -0.25) is 9.59 Å². The molecular weight excluding hydrogens is 310 g/mol. The molecule has 2 saturated heterocycles. The molecule has 0 aromatic heterocycles. The lowest BCUT2D eigenvalue weighted by atomic mass is 9.95. The zero-order chi connectivity index (χ0) is 17.5. The van der Waals surface area contributed by atoms with E-state index in [1.54, 1.807) is 0 Å².